The number of benzene rings is 2. The Kier molecular flexibility index (Phi) is 4.76. The maximum atomic E-state index is 12.5. The summed E-state index contributed by atoms with van der Waals surface area (Å²) < 4.78 is 5.85. The highest BCUT2D eigenvalue weighted by atomic mass is 16.5. The average molecular weight is 322 g/mol. The summed E-state index contributed by atoms with van der Waals surface area (Å²) in [7, 11) is 0. The van der Waals surface area contributed by atoms with E-state index < -0.39 is 6.23 Å². The molecule has 1 heterocycles. The van der Waals surface area contributed by atoms with E-state index in [0.29, 0.717) is 0 Å². The standard InChI is InChI=1S/C20H22N2O2/c1-4-14(3)24-20-19(23)21-17-11-10-13(2)12-16(17)18(22-20)15-8-6-5-7-9-15/h5-12,14,20H,4H2,1-3H3,(H,21,23)/t14-,20+/m0/s1. The number of amides is 1. The van der Waals surface area contributed by atoms with Crippen LogP contribution in [0.3, 0.4) is 0 Å². The van der Waals surface area contributed by atoms with Crippen LogP contribution in [0.2, 0.25) is 0 Å². The van der Waals surface area contributed by atoms with E-state index in [1.807, 2.05) is 69.3 Å². The number of nitrogens with one attached hydrogen (secondary N) is 1. The molecule has 0 saturated carbocycles. The summed E-state index contributed by atoms with van der Waals surface area (Å²) in [6.45, 7) is 6.01. The van der Waals surface area contributed by atoms with Crippen LogP contribution in [0.4, 0.5) is 5.69 Å². The summed E-state index contributed by atoms with van der Waals surface area (Å²) in [6.07, 6.45) is -0.0567. The number of nitrogens with zero attached hydrogens (tertiary/aromatic N) is 1. The minimum absolute atomic E-state index is 0.0375. The van der Waals surface area contributed by atoms with E-state index in [-0.39, 0.29) is 12.0 Å². The van der Waals surface area contributed by atoms with Crippen LogP contribution in [0.1, 0.15) is 37.0 Å². The highest BCUT2D eigenvalue weighted by Gasteiger charge is 2.27. The van der Waals surface area contributed by atoms with E-state index in [0.717, 1.165) is 34.5 Å². The van der Waals surface area contributed by atoms with E-state index in [4.69, 9.17) is 4.74 Å². The van der Waals surface area contributed by atoms with Crippen molar-refractivity contribution >= 4 is 17.3 Å². The Morgan fingerprint density at radius 1 is 1.21 bits per heavy atom. The molecule has 2 atom stereocenters. The van der Waals surface area contributed by atoms with Crippen LogP contribution in [-0.4, -0.2) is 24.0 Å². The second-order valence-electron chi connectivity index (χ2n) is 6.09. The lowest BCUT2D eigenvalue weighted by molar-refractivity contribution is -0.130. The molecule has 124 valence electrons. The van der Waals surface area contributed by atoms with Crippen LogP contribution >= 0.6 is 0 Å². The Morgan fingerprint density at radius 3 is 2.67 bits per heavy atom. The first-order valence-electron chi connectivity index (χ1n) is 8.29. The van der Waals surface area contributed by atoms with E-state index in [1.54, 1.807) is 0 Å². The highest BCUT2D eigenvalue weighted by Crippen LogP contribution is 2.26. The largest absolute Gasteiger partial charge is 0.345 e. The monoisotopic (exact) mass is 322 g/mol. The van der Waals surface area contributed by atoms with Crippen molar-refractivity contribution in [1.82, 2.24) is 0 Å². The van der Waals surface area contributed by atoms with E-state index >= 15 is 0 Å². The summed E-state index contributed by atoms with van der Waals surface area (Å²) >= 11 is 0. The smallest absolute Gasteiger partial charge is 0.276 e. The predicted octanol–water partition coefficient (Wildman–Crippen LogP) is 3.93. The number of fused-ring (bicyclic) bond motifs is 1. The third-order valence-electron chi connectivity index (χ3n) is 4.14. The molecule has 24 heavy (non-hydrogen) atoms. The van der Waals surface area contributed by atoms with E-state index in [1.165, 1.54) is 0 Å². The Balaban J connectivity index is 2.12. The van der Waals surface area contributed by atoms with Crippen LogP contribution in [0, 0.1) is 6.92 Å². The molecule has 4 nitrogen and oxygen atoms in total. The number of carbonyl (C=O) groups excluding carboxylic acids is 1. The van der Waals surface area contributed by atoms with Crippen molar-refractivity contribution in [1.29, 1.82) is 0 Å². The van der Waals surface area contributed by atoms with Gasteiger partial charge in [-0.15, -0.1) is 0 Å². The minimum atomic E-state index is -0.845. The quantitative estimate of drug-likeness (QED) is 0.927. The lowest BCUT2D eigenvalue weighted by Crippen LogP contribution is -2.31. The first-order valence-corrected chi connectivity index (χ1v) is 8.29. The molecule has 0 bridgehead atoms. The molecule has 4 heteroatoms. The van der Waals surface area contributed by atoms with Crippen LogP contribution in [-0.2, 0) is 9.53 Å². The molecule has 0 fully saturated rings. The number of rotatable bonds is 4. The van der Waals surface area contributed by atoms with Gasteiger partial charge < -0.3 is 10.1 Å². The fourth-order valence-electron chi connectivity index (χ4n) is 2.64. The summed E-state index contributed by atoms with van der Waals surface area (Å²) in [5, 5.41) is 2.95. The lowest BCUT2D eigenvalue weighted by atomic mass is 9.99. The first-order chi connectivity index (χ1) is 11.6. The molecule has 1 N–H and O–H groups in total. The number of hydrogen-bond acceptors (Lipinski definition) is 3. The highest BCUT2D eigenvalue weighted by molar-refractivity contribution is 6.19. The first kappa shape index (κ1) is 16.4. The zero-order valence-corrected chi connectivity index (χ0v) is 14.2. The molecule has 1 amide bonds. The second-order valence-corrected chi connectivity index (χ2v) is 6.09. The lowest BCUT2D eigenvalue weighted by Gasteiger charge is -2.16. The van der Waals surface area contributed by atoms with Gasteiger partial charge in [-0.05, 0) is 32.4 Å². The molecule has 3 rings (SSSR count). The van der Waals surface area contributed by atoms with Crippen LogP contribution in [0.15, 0.2) is 53.5 Å². The molecule has 2 aromatic carbocycles. The Labute approximate surface area is 142 Å². The maximum absolute atomic E-state index is 12.5. The third kappa shape index (κ3) is 3.39. The van der Waals surface area contributed by atoms with Gasteiger partial charge in [0.2, 0.25) is 6.23 Å². The number of benzodiazepines with no additional fused rings is 1. The van der Waals surface area contributed by atoms with Crippen molar-refractivity contribution in [3.05, 3.63) is 65.2 Å². The molecule has 1 aliphatic rings. The summed E-state index contributed by atoms with van der Waals surface area (Å²) in [5.41, 5.74) is 4.56. The van der Waals surface area contributed by atoms with Gasteiger partial charge in [0.1, 0.15) is 0 Å². The second kappa shape index (κ2) is 6.97. The molecular formula is C20H22N2O2. The number of aryl methyl sites for hydroxylation is 1. The molecule has 0 radical (unpaired) electrons. The topological polar surface area (TPSA) is 50.7 Å². The van der Waals surface area contributed by atoms with Gasteiger partial charge in [0.05, 0.1) is 17.5 Å². The number of carbonyl (C=O) groups is 1. The Bertz CT molecular complexity index is 768. The SMILES string of the molecule is CC[C@H](C)O[C@H]1N=C(c2ccccc2)c2cc(C)ccc2NC1=O. The zero-order chi connectivity index (χ0) is 17.1. The van der Waals surface area contributed by atoms with Gasteiger partial charge >= 0.3 is 0 Å². The van der Waals surface area contributed by atoms with Gasteiger partial charge in [0.15, 0.2) is 0 Å². The predicted molar refractivity (Wildman–Crippen MR) is 96.5 cm³/mol. The molecule has 0 aromatic heterocycles. The summed E-state index contributed by atoms with van der Waals surface area (Å²) in [6, 6.07) is 15.9. The van der Waals surface area contributed by atoms with Crippen LogP contribution in [0.25, 0.3) is 0 Å². The molecule has 0 saturated heterocycles. The molecule has 0 unspecified atom stereocenters. The number of hydrogen-bond donors (Lipinski definition) is 1. The van der Waals surface area contributed by atoms with Crippen molar-refractivity contribution in [2.75, 3.05) is 5.32 Å². The average Bonchev–Trinajstić information content (AvgIpc) is 2.72. The molecule has 1 aliphatic heterocycles. The van der Waals surface area contributed by atoms with Crippen molar-refractivity contribution < 1.29 is 9.53 Å². The van der Waals surface area contributed by atoms with Gasteiger partial charge in [-0.3, -0.25) is 4.79 Å². The maximum Gasteiger partial charge on any atom is 0.276 e. The van der Waals surface area contributed by atoms with Crippen molar-refractivity contribution in [2.45, 2.75) is 39.5 Å². The van der Waals surface area contributed by atoms with Crippen LogP contribution in [0.5, 0.6) is 0 Å². The van der Waals surface area contributed by atoms with Crippen molar-refractivity contribution in [2.24, 2.45) is 4.99 Å². The molecular weight excluding hydrogens is 300 g/mol. The van der Waals surface area contributed by atoms with Gasteiger partial charge in [0, 0.05) is 11.1 Å². The third-order valence-corrected chi connectivity index (χ3v) is 4.14. The molecule has 0 aliphatic carbocycles. The van der Waals surface area contributed by atoms with Crippen molar-refractivity contribution in [3.8, 4) is 0 Å². The summed E-state index contributed by atoms with van der Waals surface area (Å²) in [5.74, 6) is -0.230. The fraction of sp³-hybridized carbons (Fsp3) is 0.300. The Hall–Kier alpha value is -2.46. The fourth-order valence-corrected chi connectivity index (χ4v) is 2.64. The van der Waals surface area contributed by atoms with E-state index in [2.05, 4.69) is 10.3 Å². The Morgan fingerprint density at radius 2 is 1.96 bits per heavy atom. The van der Waals surface area contributed by atoms with Crippen LogP contribution < -0.4 is 5.32 Å². The number of aliphatic imine (C=N–C) groups is 1. The van der Waals surface area contributed by atoms with Gasteiger partial charge in [-0.2, -0.15) is 0 Å². The molecule has 2 aromatic rings. The summed E-state index contributed by atoms with van der Waals surface area (Å²) in [4.78, 5) is 17.2. The number of ether oxygens (including phenoxy) is 1. The number of anilines is 1. The minimum Gasteiger partial charge on any atom is -0.345 e. The molecule has 0 spiro atoms. The van der Waals surface area contributed by atoms with Gasteiger partial charge in [0.25, 0.3) is 5.91 Å². The van der Waals surface area contributed by atoms with E-state index in [9.17, 15) is 4.79 Å². The normalized spacial score (nSPS) is 18.2. The van der Waals surface area contributed by atoms with Gasteiger partial charge in [-0.25, -0.2) is 4.99 Å². The van der Waals surface area contributed by atoms with Gasteiger partial charge in [-0.1, -0.05) is 48.9 Å². The zero-order valence-electron chi connectivity index (χ0n) is 14.2. The van der Waals surface area contributed by atoms with Crippen molar-refractivity contribution in [3.63, 3.8) is 0 Å².